The van der Waals surface area contributed by atoms with Crippen molar-refractivity contribution in [1.82, 2.24) is 5.32 Å². The van der Waals surface area contributed by atoms with E-state index in [9.17, 15) is 4.39 Å². The molecule has 1 aromatic carbocycles. The first-order valence-corrected chi connectivity index (χ1v) is 7.34. The number of benzene rings is 1. The smallest absolute Gasteiger partial charge is 0.142 e. The van der Waals surface area contributed by atoms with Crippen LogP contribution in [0.4, 0.5) is 4.39 Å². The first kappa shape index (κ1) is 14.8. The second kappa shape index (κ2) is 7.22. The van der Waals surface area contributed by atoms with Crippen LogP contribution in [0.15, 0.2) is 18.2 Å². The molecule has 0 aromatic heterocycles. The van der Waals surface area contributed by atoms with E-state index in [2.05, 4.69) is 12.2 Å². The molecule has 106 valence electrons. The maximum Gasteiger partial charge on any atom is 0.142 e. The van der Waals surface area contributed by atoms with Gasteiger partial charge in [0.15, 0.2) is 0 Å². The third-order valence-electron chi connectivity index (χ3n) is 3.64. The summed E-state index contributed by atoms with van der Waals surface area (Å²) in [5.41, 5.74) is 0.875. The summed E-state index contributed by atoms with van der Waals surface area (Å²) in [7, 11) is 0. The highest BCUT2D eigenvalue weighted by molar-refractivity contribution is 6.31. The van der Waals surface area contributed by atoms with E-state index in [0.717, 1.165) is 38.0 Å². The monoisotopic (exact) mass is 285 g/mol. The van der Waals surface area contributed by atoms with Crippen LogP contribution in [0.3, 0.4) is 0 Å². The Morgan fingerprint density at radius 2 is 2.32 bits per heavy atom. The molecule has 1 fully saturated rings. The molecule has 4 heteroatoms. The highest BCUT2D eigenvalue weighted by Crippen LogP contribution is 2.26. The number of rotatable bonds is 5. The van der Waals surface area contributed by atoms with E-state index in [1.165, 1.54) is 6.07 Å². The van der Waals surface area contributed by atoms with Crippen LogP contribution in [-0.2, 0) is 11.2 Å². The first-order chi connectivity index (χ1) is 9.22. The van der Waals surface area contributed by atoms with Crippen molar-refractivity contribution in [2.24, 2.45) is 5.92 Å². The molecule has 1 saturated heterocycles. The lowest BCUT2D eigenvalue weighted by Crippen LogP contribution is -2.44. The second-order valence-corrected chi connectivity index (χ2v) is 5.48. The summed E-state index contributed by atoms with van der Waals surface area (Å²) < 4.78 is 19.0. The van der Waals surface area contributed by atoms with Crippen LogP contribution in [0.1, 0.15) is 25.3 Å². The van der Waals surface area contributed by atoms with Crippen LogP contribution in [-0.4, -0.2) is 25.8 Å². The van der Waals surface area contributed by atoms with Crippen LogP contribution in [0.2, 0.25) is 5.02 Å². The van der Waals surface area contributed by atoms with Crippen molar-refractivity contribution in [2.45, 2.75) is 32.2 Å². The maximum absolute atomic E-state index is 13.5. The summed E-state index contributed by atoms with van der Waals surface area (Å²) in [6.07, 6.45) is 2.89. The van der Waals surface area contributed by atoms with Gasteiger partial charge in [-0.15, -0.1) is 0 Å². The van der Waals surface area contributed by atoms with Crippen molar-refractivity contribution in [3.05, 3.63) is 34.6 Å². The quantitative estimate of drug-likeness (QED) is 0.895. The van der Waals surface area contributed by atoms with Gasteiger partial charge in [-0.25, -0.2) is 4.39 Å². The molecule has 0 bridgehead atoms. The summed E-state index contributed by atoms with van der Waals surface area (Å²) in [4.78, 5) is 0. The fraction of sp³-hybridized carbons (Fsp3) is 0.600. The zero-order valence-corrected chi connectivity index (χ0v) is 12.0. The molecule has 2 unspecified atom stereocenters. The molecule has 2 atom stereocenters. The summed E-state index contributed by atoms with van der Waals surface area (Å²) in [5, 5.41) is 3.81. The number of halogens is 2. The van der Waals surface area contributed by atoms with E-state index >= 15 is 0 Å². The lowest BCUT2D eigenvalue weighted by molar-refractivity contribution is 0.0322. The van der Waals surface area contributed by atoms with Gasteiger partial charge in [-0.1, -0.05) is 30.7 Å². The van der Waals surface area contributed by atoms with Crippen molar-refractivity contribution in [2.75, 3.05) is 19.8 Å². The minimum Gasteiger partial charge on any atom is -0.381 e. The average molecular weight is 286 g/mol. The molecular formula is C15H21ClFNO. The molecule has 19 heavy (non-hydrogen) atoms. The number of hydrogen-bond donors (Lipinski definition) is 1. The Balaban J connectivity index is 2.04. The van der Waals surface area contributed by atoms with Crippen LogP contribution in [0.25, 0.3) is 0 Å². The number of ether oxygens (including phenoxy) is 1. The van der Waals surface area contributed by atoms with Gasteiger partial charge < -0.3 is 10.1 Å². The minimum absolute atomic E-state index is 0.252. The predicted octanol–water partition coefficient (Wildman–Crippen LogP) is 3.43. The van der Waals surface area contributed by atoms with E-state index < -0.39 is 0 Å². The predicted molar refractivity (Wildman–Crippen MR) is 76.1 cm³/mol. The zero-order chi connectivity index (χ0) is 13.7. The molecule has 2 nitrogen and oxygen atoms in total. The van der Waals surface area contributed by atoms with Crippen molar-refractivity contribution in [3.63, 3.8) is 0 Å². The lowest BCUT2D eigenvalue weighted by Gasteiger charge is -2.32. The Morgan fingerprint density at radius 1 is 1.47 bits per heavy atom. The van der Waals surface area contributed by atoms with E-state index in [-0.39, 0.29) is 10.8 Å². The second-order valence-electron chi connectivity index (χ2n) is 5.10. The molecule has 0 aliphatic carbocycles. The van der Waals surface area contributed by atoms with E-state index in [1.54, 1.807) is 6.07 Å². The van der Waals surface area contributed by atoms with Crippen LogP contribution in [0, 0.1) is 11.7 Å². The third-order valence-corrected chi connectivity index (χ3v) is 4.07. The Labute approximate surface area is 119 Å². The summed E-state index contributed by atoms with van der Waals surface area (Å²) in [6, 6.07) is 5.45. The number of nitrogens with one attached hydrogen (secondary N) is 1. The van der Waals surface area contributed by atoms with Crippen molar-refractivity contribution >= 4 is 11.6 Å². The Hall–Kier alpha value is -0.640. The van der Waals surface area contributed by atoms with Crippen molar-refractivity contribution < 1.29 is 9.13 Å². The summed E-state index contributed by atoms with van der Waals surface area (Å²) in [6.45, 7) is 4.69. The zero-order valence-electron chi connectivity index (χ0n) is 11.3. The van der Waals surface area contributed by atoms with Gasteiger partial charge in [0, 0.05) is 18.6 Å². The molecule has 0 spiro atoms. The average Bonchev–Trinajstić information content (AvgIpc) is 2.43. The van der Waals surface area contributed by atoms with Gasteiger partial charge in [0.1, 0.15) is 5.82 Å². The van der Waals surface area contributed by atoms with Crippen molar-refractivity contribution in [1.29, 1.82) is 0 Å². The van der Waals surface area contributed by atoms with Crippen LogP contribution in [0.5, 0.6) is 0 Å². The van der Waals surface area contributed by atoms with Gasteiger partial charge in [0.2, 0.25) is 0 Å². The SMILES string of the molecule is CCCNC1CCOCC1Cc1cccc(F)c1Cl. The molecule has 1 heterocycles. The lowest BCUT2D eigenvalue weighted by atomic mass is 9.89. The topological polar surface area (TPSA) is 21.3 Å². The Morgan fingerprint density at radius 3 is 3.11 bits per heavy atom. The normalized spacial score (nSPS) is 23.5. The fourth-order valence-corrected chi connectivity index (χ4v) is 2.79. The molecule has 2 rings (SSSR count). The molecule has 1 N–H and O–H groups in total. The van der Waals surface area contributed by atoms with Gasteiger partial charge in [0.05, 0.1) is 11.6 Å². The molecule has 1 aromatic rings. The molecule has 0 amide bonds. The van der Waals surface area contributed by atoms with Gasteiger partial charge in [-0.3, -0.25) is 0 Å². The van der Waals surface area contributed by atoms with Crippen molar-refractivity contribution in [3.8, 4) is 0 Å². The third kappa shape index (κ3) is 3.91. The van der Waals surface area contributed by atoms with E-state index in [0.29, 0.717) is 18.6 Å². The Bertz CT molecular complexity index is 413. The summed E-state index contributed by atoms with van der Waals surface area (Å²) >= 11 is 6.03. The van der Waals surface area contributed by atoms with Crippen LogP contribution >= 0.6 is 11.6 Å². The van der Waals surface area contributed by atoms with Gasteiger partial charge >= 0.3 is 0 Å². The molecule has 0 saturated carbocycles. The van der Waals surface area contributed by atoms with Gasteiger partial charge in [-0.2, -0.15) is 0 Å². The van der Waals surface area contributed by atoms with Crippen LogP contribution < -0.4 is 5.32 Å². The summed E-state index contributed by atoms with van der Waals surface area (Å²) in [5.74, 6) is 0.0218. The highest BCUT2D eigenvalue weighted by atomic mass is 35.5. The first-order valence-electron chi connectivity index (χ1n) is 6.96. The van der Waals surface area contributed by atoms with E-state index in [4.69, 9.17) is 16.3 Å². The van der Waals surface area contributed by atoms with Gasteiger partial charge in [-0.05, 0) is 37.4 Å². The van der Waals surface area contributed by atoms with Gasteiger partial charge in [0.25, 0.3) is 0 Å². The number of hydrogen-bond acceptors (Lipinski definition) is 2. The Kier molecular flexibility index (Phi) is 5.61. The molecule has 1 aliphatic rings. The maximum atomic E-state index is 13.5. The van der Waals surface area contributed by atoms with E-state index in [1.807, 2.05) is 6.07 Å². The molecule has 0 radical (unpaired) electrons. The standard InChI is InChI=1S/C15H21ClFNO/c1-2-7-18-14-6-8-19-10-12(14)9-11-4-3-5-13(17)15(11)16/h3-5,12,14,18H,2,6-10H2,1H3. The largest absolute Gasteiger partial charge is 0.381 e. The highest BCUT2D eigenvalue weighted by Gasteiger charge is 2.26. The minimum atomic E-state index is -0.339. The molecular weight excluding hydrogens is 265 g/mol. The fourth-order valence-electron chi connectivity index (χ4n) is 2.59. The molecule has 1 aliphatic heterocycles.